The number of rotatable bonds is 4. The van der Waals surface area contributed by atoms with Crippen LogP contribution in [-0.2, 0) is 6.54 Å². The quantitative estimate of drug-likeness (QED) is 0.564. The molecular weight excluding hydrogens is 343 g/mol. The lowest BCUT2D eigenvalue weighted by Crippen LogP contribution is -1.99. The Bertz CT molecular complexity index is 1040. The number of oxazole rings is 1. The van der Waals surface area contributed by atoms with E-state index >= 15 is 0 Å². The van der Waals surface area contributed by atoms with Gasteiger partial charge in [-0.3, -0.25) is 0 Å². The van der Waals surface area contributed by atoms with Gasteiger partial charge in [0.25, 0.3) is 0 Å². The molecule has 0 aliphatic carbocycles. The van der Waals surface area contributed by atoms with Gasteiger partial charge < -0.3 is 14.3 Å². The SMILES string of the molecule is Cc1cc(Cl)ccc1Nc1ccc2c(ncn2Cc2cnco2)c1F. The molecule has 0 spiro atoms. The zero-order chi connectivity index (χ0) is 17.4. The number of nitrogens with zero attached hydrogens (tertiary/aromatic N) is 3. The topological polar surface area (TPSA) is 55.9 Å². The van der Waals surface area contributed by atoms with Crippen molar-refractivity contribution in [2.24, 2.45) is 0 Å². The third kappa shape index (κ3) is 2.96. The van der Waals surface area contributed by atoms with E-state index in [1.807, 2.05) is 29.7 Å². The fraction of sp³-hybridized carbons (Fsp3) is 0.111. The molecule has 2 aromatic carbocycles. The summed E-state index contributed by atoms with van der Waals surface area (Å²) in [5.41, 5.74) is 3.08. The van der Waals surface area contributed by atoms with Crippen molar-refractivity contribution in [2.75, 3.05) is 5.32 Å². The number of hydrogen-bond acceptors (Lipinski definition) is 4. The van der Waals surface area contributed by atoms with Crippen LogP contribution in [-0.4, -0.2) is 14.5 Å². The van der Waals surface area contributed by atoms with E-state index in [1.54, 1.807) is 24.7 Å². The molecule has 4 rings (SSSR count). The van der Waals surface area contributed by atoms with E-state index in [9.17, 15) is 4.39 Å². The summed E-state index contributed by atoms with van der Waals surface area (Å²) in [5.74, 6) is 0.280. The Balaban J connectivity index is 1.68. The largest absolute Gasteiger partial charge is 0.447 e. The fourth-order valence-corrected chi connectivity index (χ4v) is 2.95. The normalized spacial score (nSPS) is 11.2. The number of aryl methyl sites for hydroxylation is 1. The van der Waals surface area contributed by atoms with E-state index in [2.05, 4.69) is 15.3 Å². The van der Waals surface area contributed by atoms with E-state index in [1.165, 1.54) is 6.39 Å². The van der Waals surface area contributed by atoms with Gasteiger partial charge in [-0.05, 0) is 42.8 Å². The van der Waals surface area contributed by atoms with Crippen molar-refractivity contribution in [3.63, 3.8) is 0 Å². The first-order chi connectivity index (χ1) is 12.1. The average Bonchev–Trinajstić information content (AvgIpc) is 3.23. The fourth-order valence-electron chi connectivity index (χ4n) is 2.72. The molecule has 0 aliphatic heterocycles. The second kappa shape index (κ2) is 6.22. The minimum absolute atomic E-state index is 0.302. The van der Waals surface area contributed by atoms with Crippen LogP contribution in [0.2, 0.25) is 5.02 Å². The summed E-state index contributed by atoms with van der Waals surface area (Å²) in [6.45, 7) is 2.36. The van der Waals surface area contributed by atoms with Gasteiger partial charge in [-0.1, -0.05) is 11.6 Å². The van der Waals surface area contributed by atoms with Crippen LogP contribution in [0.15, 0.2) is 53.7 Å². The summed E-state index contributed by atoms with van der Waals surface area (Å²) in [6, 6.07) is 8.94. The van der Waals surface area contributed by atoms with Gasteiger partial charge in [0.05, 0.1) is 30.3 Å². The highest BCUT2D eigenvalue weighted by atomic mass is 35.5. The zero-order valence-corrected chi connectivity index (χ0v) is 14.1. The number of anilines is 2. The van der Waals surface area contributed by atoms with Crippen molar-refractivity contribution in [2.45, 2.75) is 13.5 Å². The number of imidazole rings is 1. The highest BCUT2D eigenvalue weighted by Gasteiger charge is 2.14. The van der Waals surface area contributed by atoms with Crippen molar-refractivity contribution in [3.8, 4) is 0 Å². The first-order valence-electron chi connectivity index (χ1n) is 7.65. The van der Waals surface area contributed by atoms with E-state index < -0.39 is 5.82 Å². The summed E-state index contributed by atoms with van der Waals surface area (Å²) in [4.78, 5) is 8.08. The van der Waals surface area contributed by atoms with Gasteiger partial charge in [-0.25, -0.2) is 14.4 Å². The molecule has 0 aliphatic rings. The number of hydrogen-bond donors (Lipinski definition) is 1. The van der Waals surface area contributed by atoms with E-state index in [0.29, 0.717) is 34.0 Å². The molecule has 0 amide bonds. The van der Waals surface area contributed by atoms with Crippen molar-refractivity contribution in [3.05, 3.63) is 71.4 Å². The van der Waals surface area contributed by atoms with Gasteiger partial charge in [0.2, 0.25) is 0 Å². The van der Waals surface area contributed by atoms with Gasteiger partial charge in [0, 0.05) is 10.7 Å². The van der Waals surface area contributed by atoms with E-state index in [4.69, 9.17) is 16.0 Å². The zero-order valence-electron chi connectivity index (χ0n) is 13.3. The van der Waals surface area contributed by atoms with Gasteiger partial charge in [0.15, 0.2) is 12.2 Å². The lowest BCUT2D eigenvalue weighted by molar-refractivity contribution is 0.491. The predicted octanol–water partition coefficient (Wildman–Crippen LogP) is 4.92. The number of nitrogens with one attached hydrogen (secondary N) is 1. The number of halogens is 2. The van der Waals surface area contributed by atoms with Crippen molar-refractivity contribution < 1.29 is 8.81 Å². The number of fused-ring (bicyclic) bond motifs is 1. The van der Waals surface area contributed by atoms with Gasteiger partial charge >= 0.3 is 0 Å². The molecule has 4 aromatic rings. The van der Waals surface area contributed by atoms with Crippen molar-refractivity contribution in [1.29, 1.82) is 0 Å². The Hall–Kier alpha value is -2.86. The highest BCUT2D eigenvalue weighted by Crippen LogP contribution is 2.29. The molecular formula is C18H14ClFN4O. The molecule has 25 heavy (non-hydrogen) atoms. The summed E-state index contributed by atoms with van der Waals surface area (Å²) in [7, 11) is 0. The van der Waals surface area contributed by atoms with E-state index in [0.717, 1.165) is 11.3 Å². The molecule has 1 N–H and O–H groups in total. The second-order valence-corrected chi connectivity index (χ2v) is 6.16. The van der Waals surface area contributed by atoms with Crippen LogP contribution in [0.25, 0.3) is 11.0 Å². The van der Waals surface area contributed by atoms with Crippen molar-refractivity contribution >= 4 is 34.0 Å². The lowest BCUT2D eigenvalue weighted by atomic mass is 10.2. The van der Waals surface area contributed by atoms with Crippen LogP contribution < -0.4 is 5.32 Å². The molecule has 0 radical (unpaired) electrons. The summed E-state index contributed by atoms with van der Waals surface area (Å²) in [5, 5.41) is 3.75. The van der Waals surface area contributed by atoms with Crippen LogP contribution in [0.3, 0.4) is 0 Å². The molecule has 2 heterocycles. The van der Waals surface area contributed by atoms with Crippen molar-refractivity contribution in [1.82, 2.24) is 14.5 Å². The van der Waals surface area contributed by atoms with Gasteiger partial charge in [-0.15, -0.1) is 0 Å². The molecule has 0 bridgehead atoms. The van der Waals surface area contributed by atoms with Gasteiger partial charge in [0.1, 0.15) is 11.3 Å². The summed E-state index contributed by atoms with van der Waals surface area (Å²) < 4.78 is 21.9. The van der Waals surface area contributed by atoms with Crippen LogP contribution in [0, 0.1) is 12.7 Å². The molecule has 5 nitrogen and oxygen atoms in total. The van der Waals surface area contributed by atoms with E-state index in [-0.39, 0.29) is 0 Å². The maximum atomic E-state index is 14.9. The Morgan fingerprint density at radius 2 is 2.08 bits per heavy atom. The first kappa shape index (κ1) is 15.7. The van der Waals surface area contributed by atoms with Crippen LogP contribution in [0.4, 0.5) is 15.8 Å². The third-order valence-electron chi connectivity index (χ3n) is 4.00. The standard InChI is InChI=1S/C18H14ClFN4O/c1-11-6-12(19)2-3-14(11)23-15-4-5-16-18(17(15)20)22-9-24(16)8-13-7-21-10-25-13/h2-7,9-10,23H,8H2,1H3. The van der Waals surface area contributed by atoms with Gasteiger partial charge in [-0.2, -0.15) is 0 Å². The monoisotopic (exact) mass is 356 g/mol. The molecule has 0 saturated carbocycles. The predicted molar refractivity (Wildman–Crippen MR) is 94.8 cm³/mol. The second-order valence-electron chi connectivity index (χ2n) is 5.72. The Kier molecular flexibility index (Phi) is 3.89. The molecule has 0 fully saturated rings. The minimum Gasteiger partial charge on any atom is -0.447 e. The van der Waals surface area contributed by atoms with Crippen LogP contribution >= 0.6 is 11.6 Å². The molecule has 7 heteroatoms. The maximum Gasteiger partial charge on any atom is 0.180 e. The molecule has 0 unspecified atom stereocenters. The minimum atomic E-state index is -0.400. The highest BCUT2D eigenvalue weighted by molar-refractivity contribution is 6.30. The first-order valence-corrected chi connectivity index (χ1v) is 8.03. The Morgan fingerprint density at radius 3 is 2.84 bits per heavy atom. The maximum absolute atomic E-state index is 14.9. The molecule has 0 atom stereocenters. The molecule has 0 saturated heterocycles. The third-order valence-corrected chi connectivity index (χ3v) is 4.23. The average molecular weight is 357 g/mol. The summed E-state index contributed by atoms with van der Waals surface area (Å²) >= 11 is 5.96. The molecule has 126 valence electrons. The van der Waals surface area contributed by atoms with Crippen LogP contribution in [0.5, 0.6) is 0 Å². The molecule has 2 aromatic heterocycles. The lowest BCUT2D eigenvalue weighted by Gasteiger charge is -2.11. The van der Waals surface area contributed by atoms with Crippen LogP contribution in [0.1, 0.15) is 11.3 Å². The smallest absolute Gasteiger partial charge is 0.180 e. The number of aromatic nitrogens is 3. The summed E-state index contributed by atoms with van der Waals surface area (Å²) in [6.07, 6.45) is 4.58. The Morgan fingerprint density at radius 1 is 1.24 bits per heavy atom. The Labute approximate surface area is 148 Å². The number of benzene rings is 2.